The second-order valence-electron chi connectivity index (χ2n) is 9.06. The van der Waals surface area contributed by atoms with Gasteiger partial charge in [-0.3, -0.25) is 0 Å². The van der Waals surface area contributed by atoms with E-state index in [4.69, 9.17) is 9.78 Å². The van der Waals surface area contributed by atoms with Crippen molar-refractivity contribution in [2.45, 2.75) is 70.5 Å². The molecule has 0 radical (unpaired) electrons. The predicted molar refractivity (Wildman–Crippen MR) is 89.7 cm³/mol. The van der Waals surface area contributed by atoms with Gasteiger partial charge in [0.05, 0.1) is 0 Å². The molecule has 5 aliphatic rings. The van der Waals surface area contributed by atoms with Crippen LogP contribution in [0.1, 0.15) is 63.5 Å². The average Bonchev–Trinajstić information content (AvgIpc) is 2.52. The number of rotatable bonds is 2. The van der Waals surface area contributed by atoms with Crippen LogP contribution in [0.25, 0.3) is 0 Å². The molecular formula is C21H28O2. The molecule has 6 rings (SSSR count). The SMILES string of the molecule is CCC12CC3CC(C1)C1(OOC1(C)c1cccc(C)c1)C(C3)C2. The summed E-state index contributed by atoms with van der Waals surface area (Å²) in [4.78, 5) is 12.0. The van der Waals surface area contributed by atoms with Crippen LogP contribution in [0.3, 0.4) is 0 Å². The number of benzene rings is 1. The van der Waals surface area contributed by atoms with Crippen molar-refractivity contribution >= 4 is 0 Å². The Morgan fingerprint density at radius 3 is 2.39 bits per heavy atom. The zero-order chi connectivity index (χ0) is 15.9. The summed E-state index contributed by atoms with van der Waals surface area (Å²) in [7, 11) is 0. The van der Waals surface area contributed by atoms with Gasteiger partial charge in [-0.15, -0.1) is 0 Å². The zero-order valence-corrected chi connectivity index (χ0v) is 14.6. The highest BCUT2D eigenvalue weighted by Crippen LogP contribution is 2.72. The monoisotopic (exact) mass is 312 g/mol. The lowest BCUT2D eigenvalue weighted by molar-refractivity contribution is -0.592. The molecule has 1 heterocycles. The summed E-state index contributed by atoms with van der Waals surface area (Å²) in [5.74, 6) is 2.28. The molecule has 1 aromatic rings. The Hall–Kier alpha value is -0.860. The molecule has 3 atom stereocenters. The first-order valence-electron chi connectivity index (χ1n) is 9.45. The minimum Gasteiger partial charge on any atom is -0.225 e. The highest BCUT2D eigenvalue weighted by Gasteiger charge is 2.75. The first kappa shape index (κ1) is 14.5. The third kappa shape index (κ3) is 1.62. The molecular weight excluding hydrogens is 284 g/mol. The van der Waals surface area contributed by atoms with E-state index in [9.17, 15) is 0 Å². The molecule has 2 nitrogen and oxygen atoms in total. The Morgan fingerprint density at radius 2 is 1.83 bits per heavy atom. The van der Waals surface area contributed by atoms with Crippen molar-refractivity contribution in [2.24, 2.45) is 23.2 Å². The van der Waals surface area contributed by atoms with Gasteiger partial charge in [-0.05, 0) is 74.7 Å². The van der Waals surface area contributed by atoms with Gasteiger partial charge in [-0.1, -0.05) is 43.2 Å². The lowest BCUT2D eigenvalue weighted by atomic mass is 9.41. The van der Waals surface area contributed by atoms with Gasteiger partial charge in [0.25, 0.3) is 0 Å². The van der Waals surface area contributed by atoms with Crippen LogP contribution in [0.2, 0.25) is 0 Å². The van der Waals surface area contributed by atoms with Crippen LogP contribution in [-0.4, -0.2) is 5.60 Å². The fourth-order valence-corrected chi connectivity index (χ4v) is 6.96. The van der Waals surface area contributed by atoms with Crippen molar-refractivity contribution < 1.29 is 9.78 Å². The molecule has 2 heteroatoms. The van der Waals surface area contributed by atoms with Crippen molar-refractivity contribution in [2.75, 3.05) is 0 Å². The van der Waals surface area contributed by atoms with E-state index in [1.165, 1.54) is 49.7 Å². The molecule has 3 unspecified atom stereocenters. The first-order valence-corrected chi connectivity index (χ1v) is 9.45. The van der Waals surface area contributed by atoms with E-state index in [1.807, 2.05) is 0 Å². The largest absolute Gasteiger partial charge is 0.225 e. The van der Waals surface area contributed by atoms with Gasteiger partial charge in [0, 0.05) is 0 Å². The average molecular weight is 312 g/mol. The maximum Gasteiger partial charge on any atom is 0.158 e. The lowest BCUT2D eigenvalue weighted by Crippen LogP contribution is -2.76. The summed E-state index contributed by atoms with van der Waals surface area (Å²) in [5, 5.41) is 0. The lowest BCUT2D eigenvalue weighted by Gasteiger charge is -2.71. The highest BCUT2D eigenvalue weighted by molar-refractivity contribution is 5.34. The second kappa shape index (κ2) is 4.40. The van der Waals surface area contributed by atoms with E-state index in [0.717, 1.165) is 5.92 Å². The first-order chi connectivity index (χ1) is 11.0. The minimum absolute atomic E-state index is 0.0730. The topological polar surface area (TPSA) is 18.5 Å². The van der Waals surface area contributed by atoms with E-state index in [2.05, 4.69) is 45.0 Å². The maximum absolute atomic E-state index is 6.09. The molecule has 4 saturated carbocycles. The van der Waals surface area contributed by atoms with Crippen molar-refractivity contribution in [3.05, 3.63) is 35.4 Å². The van der Waals surface area contributed by atoms with Gasteiger partial charge in [-0.25, -0.2) is 9.78 Å². The molecule has 4 bridgehead atoms. The molecule has 1 saturated heterocycles. The van der Waals surface area contributed by atoms with Crippen LogP contribution in [0.15, 0.2) is 24.3 Å². The van der Waals surface area contributed by atoms with E-state index in [-0.39, 0.29) is 11.2 Å². The van der Waals surface area contributed by atoms with Gasteiger partial charge in [0.2, 0.25) is 0 Å². The van der Waals surface area contributed by atoms with Crippen LogP contribution in [-0.2, 0) is 15.4 Å². The quantitative estimate of drug-likeness (QED) is 0.703. The molecule has 4 aliphatic carbocycles. The van der Waals surface area contributed by atoms with Crippen LogP contribution in [0, 0.1) is 30.1 Å². The van der Waals surface area contributed by atoms with E-state index in [1.54, 1.807) is 0 Å². The Labute approximate surface area is 139 Å². The van der Waals surface area contributed by atoms with Crippen LogP contribution < -0.4 is 0 Å². The molecule has 23 heavy (non-hydrogen) atoms. The second-order valence-corrected chi connectivity index (χ2v) is 9.06. The van der Waals surface area contributed by atoms with Gasteiger partial charge >= 0.3 is 0 Å². The Bertz CT molecular complexity index is 635. The maximum atomic E-state index is 6.09. The zero-order valence-electron chi connectivity index (χ0n) is 14.6. The fraction of sp³-hybridized carbons (Fsp3) is 0.714. The summed E-state index contributed by atoms with van der Waals surface area (Å²) in [6.07, 6.45) is 8.21. The molecule has 5 fully saturated rings. The van der Waals surface area contributed by atoms with Crippen molar-refractivity contribution in [1.82, 2.24) is 0 Å². The van der Waals surface area contributed by atoms with E-state index < -0.39 is 0 Å². The summed E-state index contributed by atoms with van der Waals surface area (Å²) in [6, 6.07) is 8.86. The molecule has 0 amide bonds. The molecule has 1 spiro atoms. The van der Waals surface area contributed by atoms with Gasteiger partial charge in [0.15, 0.2) is 5.60 Å². The summed E-state index contributed by atoms with van der Waals surface area (Å²) < 4.78 is 0. The van der Waals surface area contributed by atoms with E-state index >= 15 is 0 Å². The Balaban J connectivity index is 1.58. The van der Waals surface area contributed by atoms with Crippen molar-refractivity contribution in [3.63, 3.8) is 0 Å². The van der Waals surface area contributed by atoms with Gasteiger partial charge in [0.1, 0.15) is 5.60 Å². The summed E-state index contributed by atoms with van der Waals surface area (Å²) in [5.41, 5.74) is 2.88. The highest BCUT2D eigenvalue weighted by atomic mass is 17.3. The smallest absolute Gasteiger partial charge is 0.158 e. The predicted octanol–water partition coefficient (Wildman–Crippen LogP) is 5.15. The Morgan fingerprint density at radius 1 is 1.09 bits per heavy atom. The van der Waals surface area contributed by atoms with Crippen LogP contribution in [0.4, 0.5) is 0 Å². The molecule has 0 N–H and O–H groups in total. The van der Waals surface area contributed by atoms with Crippen LogP contribution in [0.5, 0.6) is 0 Å². The van der Waals surface area contributed by atoms with Crippen LogP contribution >= 0.6 is 0 Å². The third-order valence-corrected chi connectivity index (χ3v) is 7.94. The molecule has 124 valence electrons. The number of aryl methyl sites for hydroxylation is 1. The molecule has 0 aromatic heterocycles. The van der Waals surface area contributed by atoms with Gasteiger partial charge in [-0.2, -0.15) is 0 Å². The van der Waals surface area contributed by atoms with Gasteiger partial charge < -0.3 is 0 Å². The Kier molecular flexibility index (Phi) is 2.77. The summed E-state index contributed by atoms with van der Waals surface area (Å²) >= 11 is 0. The van der Waals surface area contributed by atoms with Crippen molar-refractivity contribution in [3.8, 4) is 0 Å². The number of hydrogen-bond donors (Lipinski definition) is 0. The normalized spacial score (nSPS) is 50.3. The summed E-state index contributed by atoms with van der Waals surface area (Å²) in [6.45, 7) is 6.85. The third-order valence-electron chi connectivity index (χ3n) is 7.94. The molecule has 1 aromatic carbocycles. The molecule has 1 aliphatic heterocycles. The number of hydrogen-bond acceptors (Lipinski definition) is 2. The van der Waals surface area contributed by atoms with Crippen molar-refractivity contribution in [1.29, 1.82) is 0 Å². The minimum atomic E-state index is -0.267. The van der Waals surface area contributed by atoms with E-state index in [0.29, 0.717) is 17.3 Å². The fourth-order valence-electron chi connectivity index (χ4n) is 6.96. The standard InChI is InChI=1S/C21H28O2/c1-4-20-11-15-9-17(12-20)21(18(10-15)13-20)19(3,22-23-21)16-7-5-6-14(2)8-16/h5-8,15,17-18H,4,9-13H2,1-3H3.